The molecule has 0 aliphatic rings. The number of aryl methyl sites for hydroxylation is 2. The first-order valence-corrected chi connectivity index (χ1v) is 11.2. The summed E-state index contributed by atoms with van der Waals surface area (Å²) in [5.74, 6) is 1.90. The van der Waals surface area contributed by atoms with E-state index < -0.39 is 10.0 Å². The Bertz CT molecular complexity index is 1110. The minimum absolute atomic E-state index is 0.268. The minimum atomic E-state index is -3.48. The number of pyridine rings is 2. The van der Waals surface area contributed by atoms with Gasteiger partial charge in [0.15, 0.2) is 0 Å². The summed E-state index contributed by atoms with van der Waals surface area (Å²) < 4.78 is 32.6. The monoisotopic (exact) mass is 426 g/mol. The van der Waals surface area contributed by atoms with Gasteiger partial charge in [0.05, 0.1) is 10.6 Å². The van der Waals surface area contributed by atoms with E-state index in [0.29, 0.717) is 30.4 Å². The van der Waals surface area contributed by atoms with E-state index in [0.717, 1.165) is 17.1 Å². The Labute approximate surface area is 177 Å². The third-order valence-corrected chi connectivity index (χ3v) is 6.67. The highest BCUT2D eigenvalue weighted by molar-refractivity contribution is 7.89. The summed E-state index contributed by atoms with van der Waals surface area (Å²) in [6.07, 6.45) is 1.65. The predicted octanol–water partition coefficient (Wildman–Crippen LogP) is 4.66. The van der Waals surface area contributed by atoms with Crippen molar-refractivity contribution in [3.8, 4) is 11.5 Å². The van der Waals surface area contributed by atoms with E-state index >= 15 is 0 Å². The van der Waals surface area contributed by atoms with Crippen LogP contribution in [0.1, 0.15) is 25.2 Å². The van der Waals surface area contributed by atoms with Gasteiger partial charge in [-0.15, -0.1) is 0 Å². The molecule has 1 aromatic carbocycles. The van der Waals surface area contributed by atoms with Gasteiger partial charge in [-0.3, -0.25) is 4.98 Å². The molecular weight excluding hydrogens is 400 g/mol. The average Bonchev–Trinajstić information content (AvgIpc) is 2.71. The van der Waals surface area contributed by atoms with Crippen molar-refractivity contribution in [3.63, 3.8) is 0 Å². The summed E-state index contributed by atoms with van der Waals surface area (Å²) in [7, 11) is -3.48. The van der Waals surface area contributed by atoms with Gasteiger partial charge in [-0.05, 0) is 56.3 Å². The van der Waals surface area contributed by atoms with Gasteiger partial charge in [-0.1, -0.05) is 13.8 Å². The molecule has 0 atom stereocenters. The molecule has 7 nitrogen and oxygen atoms in total. The summed E-state index contributed by atoms with van der Waals surface area (Å²) in [4.78, 5) is 8.98. The van der Waals surface area contributed by atoms with Crippen LogP contribution in [0.15, 0.2) is 59.6 Å². The van der Waals surface area contributed by atoms with Gasteiger partial charge in [0.2, 0.25) is 10.0 Å². The highest BCUT2D eigenvalue weighted by atomic mass is 32.2. The normalized spacial score (nSPS) is 11.5. The lowest BCUT2D eigenvalue weighted by molar-refractivity contribution is 0.445. The molecule has 2 heterocycles. The van der Waals surface area contributed by atoms with Crippen LogP contribution in [-0.4, -0.2) is 35.8 Å². The van der Waals surface area contributed by atoms with Crippen LogP contribution in [0.4, 0.5) is 11.5 Å². The molecule has 0 radical (unpaired) electrons. The highest BCUT2D eigenvalue weighted by Gasteiger charge is 2.21. The van der Waals surface area contributed by atoms with E-state index in [1.807, 2.05) is 39.8 Å². The maximum Gasteiger partial charge on any atom is 0.243 e. The number of anilines is 2. The SMILES string of the molecule is CCN(CC)S(=O)(=O)c1ccc(Nc2cc(Oc3ccc(C)nc3C)ccn2)cc1. The Morgan fingerprint density at radius 1 is 1.00 bits per heavy atom. The second kappa shape index (κ2) is 9.23. The lowest BCUT2D eigenvalue weighted by Gasteiger charge is -2.18. The van der Waals surface area contributed by atoms with Gasteiger partial charge in [0, 0.05) is 36.7 Å². The zero-order valence-corrected chi connectivity index (χ0v) is 18.4. The largest absolute Gasteiger partial charge is 0.455 e. The first kappa shape index (κ1) is 21.7. The number of hydrogen-bond donors (Lipinski definition) is 1. The Hall–Kier alpha value is -2.97. The van der Waals surface area contributed by atoms with Crippen LogP contribution in [0.25, 0.3) is 0 Å². The third-order valence-electron chi connectivity index (χ3n) is 4.61. The zero-order chi connectivity index (χ0) is 21.7. The number of ether oxygens (including phenoxy) is 1. The van der Waals surface area contributed by atoms with Crippen molar-refractivity contribution in [1.82, 2.24) is 14.3 Å². The van der Waals surface area contributed by atoms with Gasteiger partial charge in [-0.25, -0.2) is 13.4 Å². The van der Waals surface area contributed by atoms with Crippen LogP contribution in [0.3, 0.4) is 0 Å². The fourth-order valence-corrected chi connectivity index (χ4v) is 4.48. The number of hydrogen-bond acceptors (Lipinski definition) is 6. The van der Waals surface area contributed by atoms with Crippen molar-refractivity contribution in [2.75, 3.05) is 18.4 Å². The second-order valence-electron chi connectivity index (χ2n) is 6.75. The molecule has 0 spiro atoms. The van der Waals surface area contributed by atoms with Crippen molar-refractivity contribution < 1.29 is 13.2 Å². The molecule has 0 amide bonds. The van der Waals surface area contributed by atoms with Gasteiger partial charge >= 0.3 is 0 Å². The lowest BCUT2D eigenvalue weighted by Crippen LogP contribution is -2.30. The Balaban J connectivity index is 1.75. The molecule has 0 unspecified atom stereocenters. The molecule has 0 fully saturated rings. The van der Waals surface area contributed by atoms with Gasteiger partial charge in [0.25, 0.3) is 0 Å². The van der Waals surface area contributed by atoms with E-state index in [2.05, 4.69) is 15.3 Å². The number of rotatable bonds is 8. The van der Waals surface area contributed by atoms with E-state index in [1.54, 1.807) is 42.6 Å². The molecule has 3 aromatic rings. The third kappa shape index (κ3) is 4.95. The van der Waals surface area contributed by atoms with Crippen molar-refractivity contribution in [2.24, 2.45) is 0 Å². The van der Waals surface area contributed by atoms with E-state index in [1.165, 1.54) is 4.31 Å². The predicted molar refractivity (Wildman–Crippen MR) is 118 cm³/mol. The molecule has 158 valence electrons. The number of nitrogens with one attached hydrogen (secondary N) is 1. The summed E-state index contributed by atoms with van der Waals surface area (Å²) >= 11 is 0. The van der Waals surface area contributed by atoms with E-state index in [4.69, 9.17) is 4.74 Å². The average molecular weight is 427 g/mol. The van der Waals surface area contributed by atoms with Crippen LogP contribution >= 0.6 is 0 Å². The van der Waals surface area contributed by atoms with E-state index in [-0.39, 0.29) is 4.90 Å². The van der Waals surface area contributed by atoms with Crippen LogP contribution in [0.2, 0.25) is 0 Å². The summed E-state index contributed by atoms with van der Waals surface area (Å²) in [5, 5.41) is 3.17. The van der Waals surface area contributed by atoms with Crippen LogP contribution < -0.4 is 10.1 Å². The summed E-state index contributed by atoms with van der Waals surface area (Å²) in [6, 6.07) is 14.0. The molecule has 2 aromatic heterocycles. The summed E-state index contributed by atoms with van der Waals surface area (Å²) in [5.41, 5.74) is 2.47. The molecule has 8 heteroatoms. The highest BCUT2D eigenvalue weighted by Crippen LogP contribution is 2.27. The minimum Gasteiger partial charge on any atom is -0.455 e. The topological polar surface area (TPSA) is 84.4 Å². The fourth-order valence-electron chi connectivity index (χ4n) is 3.02. The van der Waals surface area contributed by atoms with Crippen LogP contribution in [-0.2, 0) is 10.0 Å². The van der Waals surface area contributed by atoms with Crippen molar-refractivity contribution >= 4 is 21.5 Å². The van der Waals surface area contributed by atoms with Crippen molar-refractivity contribution in [2.45, 2.75) is 32.6 Å². The zero-order valence-electron chi connectivity index (χ0n) is 17.6. The molecule has 30 heavy (non-hydrogen) atoms. The Kier molecular flexibility index (Phi) is 6.69. The second-order valence-corrected chi connectivity index (χ2v) is 8.69. The maximum atomic E-state index is 12.6. The molecular formula is C22H26N4O3S. The number of aromatic nitrogens is 2. The van der Waals surface area contributed by atoms with Gasteiger partial charge in [-0.2, -0.15) is 4.31 Å². The van der Waals surface area contributed by atoms with Crippen LogP contribution in [0, 0.1) is 13.8 Å². The standard InChI is InChI=1S/C22H26N4O3S/c1-5-26(6-2)30(27,28)20-10-8-18(9-11-20)25-22-15-19(13-14-23-22)29-21-12-7-16(3)24-17(21)4/h7-15H,5-6H2,1-4H3,(H,23,25). The first-order chi connectivity index (χ1) is 14.3. The molecule has 3 rings (SSSR count). The van der Waals surface area contributed by atoms with Crippen molar-refractivity contribution in [3.05, 3.63) is 66.1 Å². The molecule has 1 N–H and O–H groups in total. The lowest BCUT2D eigenvalue weighted by atomic mass is 10.3. The Morgan fingerprint density at radius 3 is 2.33 bits per heavy atom. The van der Waals surface area contributed by atoms with Crippen molar-refractivity contribution in [1.29, 1.82) is 0 Å². The maximum absolute atomic E-state index is 12.6. The molecule has 0 aliphatic carbocycles. The molecule has 0 aliphatic heterocycles. The first-order valence-electron chi connectivity index (χ1n) is 9.79. The summed E-state index contributed by atoms with van der Waals surface area (Å²) in [6.45, 7) is 8.36. The molecule has 0 saturated carbocycles. The smallest absolute Gasteiger partial charge is 0.243 e. The quantitative estimate of drug-likeness (QED) is 0.564. The van der Waals surface area contributed by atoms with E-state index in [9.17, 15) is 8.42 Å². The van der Waals surface area contributed by atoms with Crippen LogP contribution in [0.5, 0.6) is 11.5 Å². The van der Waals surface area contributed by atoms with Gasteiger partial charge in [0.1, 0.15) is 17.3 Å². The molecule has 0 bridgehead atoms. The molecule has 0 saturated heterocycles. The Morgan fingerprint density at radius 2 is 1.70 bits per heavy atom. The van der Waals surface area contributed by atoms with Gasteiger partial charge < -0.3 is 10.1 Å². The number of nitrogens with zero attached hydrogens (tertiary/aromatic N) is 3. The fraction of sp³-hybridized carbons (Fsp3) is 0.273. The number of sulfonamides is 1. The number of benzene rings is 1.